The van der Waals surface area contributed by atoms with Crippen LogP contribution < -0.4 is 11.6 Å². The molecule has 0 spiro atoms. The minimum Gasteiger partial charge on any atom is -0.458 e. The smallest absolute Gasteiger partial charge is 0.425 e. The first-order valence-electron chi connectivity index (χ1n) is 23.9. The summed E-state index contributed by atoms with van der Waals surface area (Å²) in [6.45, 7) is 30.2. The van der Waals surface area contributed by atoms with Crippen molar-refractivity contribution in [2.45, 2.75) is 188 Å². The topological polar surface area (TPSA) is 218 Å². The van der Waals surface area contributed by atoms with Crippen molar-refractivity contribution in [2.24, 2.45) is 53.0 Å². The molecular weight excluding hydrogens is 827 g/mol. The van der Waals surface area contributed by atoms with E-state index < -0.39 is 108 Å². The van der Waals surface area contributed by atoms with Gasteiger partial charge < -0.3 is 58.9 Å². The van der Waals surface area contributed by atoms with Crippen molar-refractivity contribution in [1.29, 1.82) is 0 Å². The molecule has 0 saturated carbocycles. The van der Waals surface area contributed by atoms with E-state index in [0.717, 1.165) is 31.2 Å². The first-order chi connectivity index (χ1) is 29.7. The molecule has 17 nitrogen and oxygen atoms in total. The van der Waals surface area contributed by atoms with Crippen LogP contribution in [0.4, 0.5) is 4.79 Å². The molecule has 64 heavy (non-hydrogen) atoms. The third-order valence-corrected chi connectivity index (χ3v) is 15.7. The number of carbonyl (C=O) groups is 3. The minimum atomic E-state index is -1.48. The number of ether oxygens (including phenoxy) is 7. The van der Waals surface area contributed by atoms with E-state index in [1.165, 1.54) is 7.11 Å². The zero-order valence-corrected chi connectivity index (χ0v) is 42.4. The zero-order valence-electron chi connectivity index (χ0n) is 42.4. The highest BCUT2D eigenvalue weighted by molar-refractivity contribution is 5.85. The van der Waals surface area contributed by atoms with Gasteiger partial charge >= 0.3 is 12.1 Å². The number of hydrogen-bond donors (Lipinski definition) is 4. The Balaban J connectivity index is 2.20. The fourth-order valence-electron chi connectivity index (χ4n) is 10.6. The molecule has 0 radical (unpaired) electrons. The molecule has 18 atom stereocenters. The fraction of sp³-hybridized carbons (Fsp3) is 0.936. The van der Waals surface area contributed by atoms with Gasteiger partial charge in [0.05, 0.1) is 29.8 Å². The molecule has 6 N–H and O–H groups in total. The summed E-state index contributed by atoms with van der Waals surface area (Å²) in [5.41, 5.74) is 2.30. The maximum atomic E-state index is 14.7. The van der Waals surface area contributed by atoms with E-state index in [0.29, 0.717) is 13.0 Å². The van der Waals surface area contributed by atoms with Crippen LogP contribution >= 0.6 is 0 Å². The summed E-state index contributed by atoms with van der Waals surface area (Å²) in [6.07, 6.45) is -6.54. The van der Waals surface area contributed by atoms with Crippen LogP contribution in [0.15, 0.2) is 0 Å². The Morgan fingerprint density at radius 1 is 0.938 bits per heavy atom. The number of Topliss-reactive ketones (excluding diaryl/α,β-unsaturated/α-hetero) is 1. The van der Waals surface area contributed by atoms with Gasteiger partial charge in [0, 0.05) is 64.1 Å². The second kappa shape index (κ2) is 23.3. The number of nitrogens with zero attached hydrogens (tertiary/aromatic N) is 3. The SMILES string of the molecule is CC[C@H]1OC(=O)[C@H](C)[C@@H](O[C@@H](C[C@@](C)(OC)[C@@](O)(CN(C)CCN(CC)CC)C(C)C)OC)[C@H](C)[C@@H](O[C@@H]2O[C@H](C)C[C@H](N)[C@H]2O)[C@@H](C)C(C)[C@@H](C)C(=O)[C@@H](C)[C@H]2N(N)C(=O)O[C@]12C. The summed E-state index contributed by atoms with van der Waals surface area (Å²) in [5.74, 6) is 1.49. The molecule has 1 amide bonds. The summed E-state index contributed by atoms with van der Waals surface area (Å²) in [6, 6.07) is -1.57. The van der Waals surface area contributed by atoms with Gasteiger partial charge in [-0.2, -0.15) is 0 Å². The van der Waals surface area contributed by atoms with Gasteiger partial charge in [0.15, 0.2) is 18.2 Å². The van der Waals surface area contributed by atoms with Crippen molar-refractivity contribution in [3.8, 4) is 0 Å². The van der Waals surface area contributed by atoms with Crippen molar-refractivity contribution in [2.75, 3.05) is 54.0 Å². The molecule has 374 valence electrons. The van der Waals surface area contributed by atoms with Crippen molar-refractivity contribution in [3.63, 3.8) is 0 Å². The number of hydrazine groups is 1. The predicted molar refractivity (Wildman–Crippen MR) is 243 cm³/mol. The predicted octanol–water partition coefficient (Wildman–Crippen LogP) is 4.18. The number of ketones is 1. The molecule has 0 aromatic rings. The first kappa shape index (κ1) is 56.3. The average molecular weight is 916 g/mol. The van der Waals surface area contributed by atoms with Crippen molar-refractivity contribution >= 4 is 17.8 Å². The lowest BCUT2D eigenvalue weighted by Gasteiger charge is -2.50. The van der Waals surface area contributed by atoms with E-state index >= 15 is 0 Å². The number of fused-ring (bicyclic) bond motifs is 1. The number of methoxy groups -OCH3 is 2. The molecule has 0 aromatic carbocycles. The van der Waals surface area contributed by atoms with Gasteiger partial charge in [-0.05, 0) is 78.4 Å². The Morgan fingerprint density at radius 2 is 1.55 bits per heavy atom. The number of aliphatic hydroxyl groups is 2. The highest BCUT2D eigenvalue weighted by atomic mass is 16.7. The van der Waals surface area contributed by atoms with E-state index in [4.69, 9.17) is 44.7 Å². The van der Waals surface area contributed by atoms with Crippen LogP contribution in [0.5, 0.6) is 0 Å². The van der Waals surface area contributed by atoms with Gasteiger partial charge in [-0.25, -0.2) is 15.6 Å². The van der Waals surface area contributed by atoms with E-state index in [-0.39, 0.29) is 36.6 Å². The number of hydrogen-bond acceptors (Lipinski definition) is 16. The maximum Gasteiger partial charge on any atom is 0.425 e. The van der Waals surface area contributed by atoms with Crippen LogP contribution in [-0.2, 0) is 42.7 Å². The van der Waals surface area contributed by atoms with E-state index in [1.54, 1.807) is 27.9 Å². The molecule has 3 rings (SSSR count). The van der Waals surface area contributed by atoms with E-state index in [2.05, 4.69) is 23.6 Å². The van der Waals surface area contributed by atoms with Crippen LogP contribution in [0.25, 0.3) is 0 Å². The van der Waals surface area contributed by atoms with Crippen LogP contribution in [0.1, 0.15) is 116 Å². The Morgan fingerprint density at radius 3 is 2.08 bits per heavy atom. The normalized spacial score (nSPS) is 38.4. The number of rotatable bonds is 18. The molecule has 17 heteroatoms. The van der Waals surface area contributed by atoms with E-state index in [9.17, 15) is 24.6 Å². The van der Waals surface area contributed by atoms with Crippen molar-refractivity contribution in [3.05, 3.63) is 0 Å². The summed E-state index contributed by atoms with van der Waals surface area (Å²) in [4.78, 5) is 46.9. The summed E-state index contributed by atoms with van der Waals surface area (Å²) >= 11 is 0. The second-order valence-electron chi connectivity index (χ2n) is 20.1. The summed E-state index contributed by atoms with van der Waals surface area (Å²) in [7, 11) is 5.06. The highest BCUT2D eigenvalue weighted by Gasteiger charge is 2.60. The molecule has 3 aliphatic rings. The molecule has 1 unspecified atom stereocenters. The number of carbonyl (C=O) groups excluding carboxylic acids is 3. The Labute approximate surface area is 384 Å². The number of amides is 1. The lowest BCUT2D eigenvalue weighted by molar-refractivity contribution is -0.286. The van der Waals surface area contributed by atoms with Crippen LogP contribution in [0.3, 0.4) is 0 Å². The van der Waals surface area contributed by atoms with Crippen LogP contribution in [0, 0.1) is 41.4 Å². The molecule has 0 aromatic heterocycles. The van der Waals surface area contributed by atoms with Gasteiger partial charge in [0.25, 0.3) is 0 Å². The lowest BCUT2D eigenvalue weighted by atomic mass is 9.70. The molecule has 0 aliphatic carbocycles. The monoisotopic (exact) mass is 916 g/mol. The molecule has 3 saturated heterocycles. The van der Waals surface area contributed by atoms with Gasteiger partial charge in [-0.15, -0.1) is 0 Å². The highest BCUT2D eigenvalue weighted by Crippen LogP contribution is 2.44. The molecule has 3 fully saturated rings. The quantitative estimate of drug-likeness (QED) is 0.0656. The van der Waals surface area contributed by atoms with Crippen molar-refractivity contribution in [1.82, 2.24) is 14.8 Å². The minimum absolute atomic E-state index is 0.0564. The summed E-state index contributed by atoms with van der Waals surface area (Å²) < 4.78 is 44.7. The van der Waals surface area contributed by atoms with Gasteiger partial charge in [0.2, 0.25) is 0 Å². The molecule has 3 aliphatic heterocycles. The largest absolute Gasteiger partial charge is 0.458 e. The van der Waals surface area contributed by atoms with Gasteiger partial charge in [-0.3, -0.25) is 9.59 Å². The number of likely N-dealkylation sites (N-methyl/N-ethyl adjacent to an activating group) is 2. The summed E-state index contributed by atoms with van der Waals surface area (Å²) in [5, 5.41) is 25.0. The van der Waals surface area contributed by atoms with Crippen LogP contribution in [-0.4, -0.2) is 169 Å². The molecular formula is C47H89N5O12. The second-order valence-corrected chi connectivity index (χ2v) is 20.1. The van der Waals surface area contributed by atoms with Gasteiger partial charge in [0.1, 0.15) is 29.6 Å². The van der Waals surface area contributed by atoms with Crippen molar-refractivity contribution < 1.29 is 57.8 Å². The molecule has 3 heterocycles. The number of esters is 1. The number of nitrogens with two attached hydrogens (primary N) is 2. The Bertz CT molecular complexity index is 1510. The Hall–Kier alpha value is -2.03. The third-order valence-electron chi connectivity index (χ3n) is 15.7. The third kappa shape index (κ3) is 12.0. The van der Waals surface area contributed by atoms with Crippen LogP contribution in [0.2, 0.25) is 0 Å². The number of cyclic esters (lactones) is 1. The zero-order chi connectivity index (χ0) is 48.8. The first-order valence-corrected chi connectivity index (χ1v) is 23.9. The van der Waals surface area contributed by atoms with Gasteiger partial charge in [-0.1, -0.05) is 69.2 Å². The van der Waals surface area contributed by atoms with E-state index in [1.807, 2.05) is 69.4 Å². The maximum absolute atomic E-state index is 14.7. The number of aliphatic hydroxyl groups excluding tert-OH is 1. The molecule has 0 bridgehead atoms. The fourth-order valence-corrected chi connectivity index (χ4v) is 10.6. The Kier molecular flexibility index (Phi) is 20.5. The average Bonchev–Trinajstić information content (AvgIpc) is 3.49. The standard InChI is InChI=1S/C47H89N5O12/c1-18-35-46(14)41(52(49)44(56)64-46)31(10)37(53)29(8)28(7)30(9)39(63-43-38(54)34(48)23-27(6)60-43)32(11)40(33(12)42(55)61-35)62-36(58-16)24-45(13,59-17)47(57,26(4)5)25-50(15)21-22-51(19-2)20-3/h26-36,38-41,43,54,57H,18-25,48-49H2,1-17H3/t27-,28?,29-,30+,31-,32-,33-,34+,35-,36+,38-,39+,40+,41-,43+,45-,46-,47-/m1/s1. The lowest BCUT2D eigenvalue weighted by Crippen LogP contribution is -2.63.